The molecule has 2 rings (SSSR count). The van der Waals surface area contributed by atoms with Crippen molar-refractivity contribution in [1.29, 1.82) is 0 Å². The smallest absolute Gasteiger partial charge is 0.178 e. The second-order valence-electron chi connectivity index (χ2n) is 5.43. The third-order valence-corrected chi connectivity index (χ3v) is 5.98. The number of rotatable bonds is 4. The summed E-state index contributed by atoms with van der Waals surface area (Å²) < 4.78 is 30.3. The second-order valence-corrected chi connectivity index (χ2v) is 8.47. The first-order chi connectivity index (χ1) is 9.15. The normalized spacial score (nSPS) is 12.8. The van der Waals surface area contributed by atoms with Gasteiger partial charge in [0.2, 0.25) is 0 Å². The number of hydrogen-bond donors (Lipinski definition) is 1. The van der Waals surface area contributed by atoms with Gasteiger partial charge < -0.3 is 14.3 Å². The molecule has 0 fully saturated rings. The standard InChI is InChI=1S/C13H18N2O3S2/c1-13(2,20(4,16)17)8-15-11-6-5-9(18-3)7-10(11)14-12(15)19/h5-7H,8H2,1-4H3,(H,14,19). The summed E-state index contributed by atoms with van der Waals surface area (Å²) in [7, 11) is -1.59. The molecule has 0 atom stereocenters. The van der Waals surface area contributed by atoms with Crippen LogP contribution in [-0.4, -0.2) is 36.1 Å². The molecule has 1 heterocycles. The second kappa shape index (κ2) is 4.89. The Morgan fingerprint density at radius 3 is 2.60 bits per heavy atom. The zero-order valence-electron chi connectivity index (χ0n) is 11.9. The summed E-state index contributed by atoms with van der Waals surface area (Å²) in [6.07, 6.45) is 1.24. The molecule has 0 saturated carbocycles. The van der Waals surface area contributed by atoms with Crippen LogP contribution in [-0.2, 0) is 16.4 Å². The van der Waals surface area contributed by atoms with Crippen molar-refractivity contribution in [2.45, 2.75) is 25.1 Å². The first-order valence-electron chi connectivity index (χ1n) is 6.12. The number of nitrogens with zero attached hydrogens (tertiary/aromatic N) is 1. The lowest BCUT2D eigenvalue weighted by atomic mass is 10.2. The Kier molecular flexibility index (Phi) is 3.68. The number of aromatic amines is 1. The van der Waals surface area contributed by atoms with Gasteiger partial charge in [0.1, 0.15) is 5.75 Å². The molecule has 0 aliphatic rings. The van der Waals surface area contributed by atoms with Crippen LogP contribution in [0.4, 0.5) is 0 Å². The van der Waals surface area contributed by atoms with E-state index in [0.29, 0.717) is 11.3 Å². The quantitative estimate of drug-likeness (QED) is 0.881. The fraction of sp³-hybridized carbons (Fsp3) is 0.462. The molecule has 20 heavy (non-hydrogen) atoms. The van der Waals surface area contributed by atoms with E-state index < -0.39 is 14.6 Å². The molecule has 1 N–H and O–H groups in total. The first kappa shape index (κ1) is 15.1. The summed E-state index contributed by atoms with van der Waals surface area (Å²) >= 11 is 5.30. The van der Waals surface area contributed by atoms with Crippen molar-refractivity contribution in [2.24, 2.45) is 0 Å². The average molecular weight is 314 g/mol. The lowest BCUT2D eigenvalue weighted by Crippen LogP contribution is -2.35. The Bertz CT molecular complexity index is 801. The van der Waals surface area contributed by atoms with Crippen molar-refractivity contribution in [3.63, 3.8) is 0 Å². The molecule has 0 aliphatic carbocycles. The molecule has 1 aromatic heterocycles. The molecular weight excluding hydrogens is 296 g/mol. The molecule has 1 aromatic carbocycles. The lowest BCUT2D eigenvalue weighted by molar-refractivity contribution is 0.415. The number of aromatic nitrogens is 2. The molecule has 0 radical (unpaired) electrons. The molecule has 110 valence electrons. The number of ether oxygens (including phenoxy) is 1. The van der Waals surface area contributed by atoms with Gasteiger partial charge in [-0.2, -0.15) is 0 Å². The van der Waals surface area contributed by atoms with Crippen LogP contribution in [0, 0.1) is 4.77 Å². The van der Waals surface area contributed by atoms with E-state index in [1.54, 1.807) is 21.0 Å². The van der Waals surface area contributed by atoms with Gasteiger partial charge >= 0.3 is 0 Å². The summed E-state index contributed by atoms with van der Waals surface area (Å²) in [5.41, 5.74) is 1.70. The number of hydrogen-bond acceptors (Lipinski definition) is 4. The van der Waals surface area contributed by atoms with Gasteiger partial charge in [0.05, 0.1) is 22.9 Å². The van der Waals surface area contributed by atoms with E-state index in [2.05, 4.69) is 4.98 Å². The van der Waals surface area contributed by atoms with Crippen LogP contribution in [0.15, 0.2) is 18.2 Å². The fourth-order valence-corrected chi connectivity index (χ4v) is 2.56. The predicted molar refractivity (Wildman–Crippen MR) is 82.6 cm³/mol. The topological polar surface area (TPSA) is 64.1 Å². The van der Waals surface area contributed by atoms with Gasteiger partial charge in [0.25, 0.3) is 0 Å². The number of benzene rings is 1. The molecule has 5 nitrogen and oxygen atoms in total. The Morgan fingerprint density at radius 1 is 1.40 bits per heavy atom. The van der Waals surface area contributed by atoms with E-state index in [1.165, 1.54) is 6.26 Å². The highest BCUT2D eigenvalue weighted by molar-refractivity contribution is 7.92. The molecule has 2 aromatic rings. The van der Waals surface area contributed by atoms with Crippen LogP contribution in [0.2, 0.25) is 0 Å². The Morgan fingerprint density at radius 2 is 2.05 bits per heavy atom. The minimum absolute atomic E-state index is 0.303. The van der Waals surface area contributed by atoms with E-state index in [0.717, 1.165) is 16.8 Å². The summed E-state index contributed by atoms with van der Waals surface area (Å²) in [5.74, 6) is 0.725. The van der Waals surface area contributed by atoms with Crippen LogP contribution in [0.3, 0.4) is 0 Å². The third kappa shape index (κ3) is 2.60. The molecule has 0 aliphatic heterocycles. The van der Waals surface area contributed by atoms with Crippen LogP contribution < -0.4 is 4.74 Å². The molecule has 0 spiro atoms. The Balaban J connectivity index is 2.56. The van der Waals surface area contributed by atoms with Crippen LogP contribution >= 0.6 is 12.2 Å². The van der Waals surface area contributed by atoms with Crippen molar-refractivity contribution in [1.82, 2.24) is 9.55 Å². The number of fused-ring (bicyclic) bond motifs is 1. The predicted octanol–water partition coefficient (Wildman–Crippen LogP) is 2.53. The van der Waals surface area contributed by atoms with E-state index in [9.17, 15) is 8.42 Å². The monoisotopic (exact) mass is 314 g/mol. The van der Waals surface area contributed by atoms with Gasteiger partial charge in [-0.25, -0.2) is 8.42 Å². The van der Waals surface area contributed by atoms with Crippen molar-refractivity contribution < 1.29 is 13.2 Å². The lowest BCUT2D eigenvalue weighted by Gasteiger charge is -2.23. The minimum Gasteiger partial charge on any atom is -0.497 e. The van der Waals surface area contributed by atoms with Gasteiger partial charge in [-0.1, -0.05) is 0 Å². The van der Waals surface area contributed by atoms with Gasteiger partial charge in [0.15, 0.2) is 14.6 Å². The van der Waals surface area contributed by atoms with Gasteiger partial charge in [-0.15, -0.1) is 0 Å². The number of nitrogens with one attached hydrogen (secondary N) is 1. The van der Waals surface area contributed by atoms with Crippen molar-refractivity contribution in [3.05, 3.63) is 23.0 Å². The summed E-state index contributed by atoms with van der Waals surface area (Å²) in [5, 5.41) is 0. The van der Waals surface area contributed by atoms with E-state index in [1.807, 2.05) is 22.8 Å². The highest BCUT2D eigenvalue weighted by Crippen LogP contribution is 2.24. The molecule has 7 heteroatoms. The number of methoxy groups -OCH3 is 1. The molecule has 0 saturated heterocycles. The SMILES string of the molecule is COc1ccc2c(c1)[nH]c(=S)n2CC(C)(C)S(C)(=O)=O. The molecular formula is C13H18N2O3S2. The van der Waals surface area contributed by atoms with Crippen molar-refractivity contribution in [3.8, 4) is 5.75 Å². The van der Waals surface area contributed by atoms with Crippen LogP contribution in [0.1, 0.15) is 13.8 Å². The summed E-state index contributed by atoms with van der Waals surface area (Å²) in [4.78, 5) is 3.08. The molecule has 0 amide bonds. The van der Waals surface area contributed by atoms with E-state index in [-0.39, 0.29) is 0 Å². The zero-order chi connectivity index (χ0) is 15.1. The summed E-state index contributed by atoms with van der Waals surface area (Å²) in [6, 6.07) is 5.54. The average Bonchev–Trinajstić information content (AvgIpc) is 2.63. The number of H-pyrrole nitrogens is 1. The van der Waals surface area contributed by atoms with E-state index >= 15 is 0 Å². The highest BCUT2D eigenvalue weighted by Gasteiger charge is 2.31. The largest absolute Gasteiger partial charge is 0.497 e. The van der Waals surface area contributed by atoms with Crippen LogP contribution in [0.5, 0.6) is 5.75 Å². The van der Waals surface area contributed by atoms with Gasteiger partial charge in [-0.3, -0.25) is 0 Å². The van der Waals surface area contributed by atoms with Crippen LogP contribution in [0.25, 0.3) is 11.0 Å². The minimum atomic E-state index is -3.18. The maximum absolute atomic E-state index is 11.8. The number of sulfone groups is 1. The maximum Gasteiger partial charge on any atom is 0.178 e. The Labute approximate surface area is 123 Å². The number of imidazole rings is 1. The Hall–Kier alpha value is -1.34. The van der Waals surface area contributed by atoms with Gasteiger partial charge in [0, 0.05) is 18.9 Å². The van der Waals surface area contributed by atoms with Crippen molar-refractivity contribution in [2.75, 3.05) is 13.4 Å². The van der Waals surface area contributed by atoms with Crippen molar-refractivity contribution >= 4 is 33.1 Å². The van der Waals surface area contributed by atoms with E-state index in [4.69, 9.17) is 17.0 Å². The maximum atomic E-state index is 11.8. The first-order valence-corrected chi connectivity index (χ1v) is 8.42. The zero-order valence-corrected chi connectivity index (χ0v) is 13.6. The molecule has 0 bridgehead atoms. The van der Waals surface area contributed by atoms with Gasteiger partial charge in [-0.05, 0) is 38.2 Å². The third-order valence-electron chi connectivity index (χ3n) is 3.52. The summed E-state index contributed by atoms with van der Waals surface area (Å²) in [6.45, 7) is 3.70. The molecule has 0 unspecified atom stereocenters. The highest BCUT2D eigenvalue weighted by atomic mass is 32.2. The fourth-order valence-electron chi connectivity index (χ4n) is 1.92.